The van der Waals surface area contributed by atoms with Crippen molar-refractivity contribution in [1.82, 2.24) is 5.32 Å². The Morgan fingerprint density at radius 1 is 1.19 bits per heavy atom. The third-order valence-electron chi connectivity index (χ3n) is 3.93. The highest BCUT2D eigenvalue weighted by molar-refractivity contribution is 5.97. The van der Waals surface area contributed by atoms with E-state index < -0.39 is 5.82 Å². The summed E-state index contributed by atoms with van der Waals surface area (Å²) in [7, 11) is 3.27. The van der Waals surface area contributed by atoms with Gasteiger partial charge in [0.25, 0.3) is 11.8 Å². The van der Waals surface area contributed by atoms with Gasteiger partial charge in [-0.2, -0.15) is 0 Å². The summed E-state index contributed by atoms with van der Waals surface area (Å²) in [5.41, 5.74) is 1.83. The molecular weight excluding hydrogens is 349 g/mol. The second-order valence-corrected chi connectivity index (χ2v) is 6.27. The number of anilines is 1. The molecule has 0 heterocycles. The predicted molar refractivity (Wildman–Crippen MR) is 101 cm³/mol. The molecule has 1 unspecified atom stereocenters. The van der Waals surface area contributed by atoms with E-state index in [4.69, 9.17) is 4.74 Å². The van der Waals surface area contributed by atoms with Crippen molar-refractivity contribution >= 4 is 17.5 Å². The highest BCUT2D eigenvalue weighted by atomic mass is 19.1. The van der Waals surface area contributed by atoms with Gasteiger partial charge in [0.2, 0.25) is 0 Å². The monoisotopic (exact) mass is 374 g/mol. The van der Waals surface area contributed by atoms with Crippen LogP contribution in [0.2, 0.25) is 0 Å². The van der Waals surface area contributed by atoms with E-state index in [1.165, 1.54) is 13.2 Å². The Morgan fingerprint density at radius 2 is 1.96 bits per heavy atom. The SMILES string of the molecule is CCNC(=O)c1cccc(NC(=O)C[NH+](C)Cc2ccc(OC)c(F)c2)c1. The van der Waals surface area contributed by atoms with Gasteiger partial charge in [0, 0.05) is 23.4 Å². The van der Waals surface area contributed by atoms with Crippen LogP contribution < -0.4 is 20.3 Å². The first-order valence-electron chi connectivity index (χ1n) is 8.74. The lowest BCUT2D eigenvalue weighted by molar-refractivity contribution is -0.885. The summed E-state index contributed by atoms with van der Waals surface area (Å²) in [6, 6.07) is 11.5. The number of likely N-dealkylation sites (N-methyl/N-ethyl adjacent to an activating group) is 1. The quantitative estimate of drug-likeness (QED) is 0.651. The first kappa shape index (κ1) is 20.4. The minimum absolute atomic E-state index is 0.183. The van der Waals surface area contributed by atoms with Crippen molar-refractivity contribution in [3.63, 3.8) is 0 Å². The number of ether oxygens (including phenoxy) is 1. The number of carbonyl (C=O) groups is 2. The van der Waals surface area contributed by atoms with Gasteiger partial charge in [-0.3, -0.25) is 9.59 Å². The van der Waals surface area contributed by atoms with Crippen LogP contribution in [0.1, 0.15) is 22.8 Å². The molecule has 0 saturated carbocycles. The fraction of sp³-hybridized carbons (Fsp3) is 0.300. The lowest BCUT2D eigenvalue weighted by Crippen LogP contribution is -3.08. The van der Waals surface area contributed by atoms with Gasteiger partial charge in [0.05, 0.1) is 14.2 Å². The zero-order valence-electron chi connectivity index (χ0n) is 15.8. The lowest BCUT2D eigenvalue weighted by atomic mass is 10.2. The highest BCUT2D eigenvalue weighted by Crippen LogP contribution is 2.17. The molecule has 0 aromatic heterocycles. The van der Waals surface area contributed by atoms with Crippen molar-refractivity contribution < 1.29 is 23.6 Å². The summed E-state index contributed by atoms with van der Waals surface area (Å²) in [4.78, 5) is 25.0. The van der Waals surface area contributed by atoms with Crippen molar-refractivity contribution in [2.75, 3.05) is 32.6 Å². The Balaban J connectivity index is 1.92. The van der Waals surface area contributed by atoms with Crippen LogP contribution in [-0.4, -0.2) is 39.1 Å². The number of methoxy groups -OCH3 is 1. The predicted octanol–water partition coefficient (Wildman–Crippen LogP) is 1.24. The number of rotatable bonds is 8. The van der Waals surface area contributed by atoms with Crippen LogP contribution in [0.3, 0.4) is 0 Å². The summed E-state index contributed by atoms with van der Waals surface area (Å²) in [5, 5.41) is 5.51. The molecular formula is C20H25FN3O3+. The van der Waals surface area contributed by atoms with E-state index >= 15 is 0 Å². The molecule has 7 heteroatoms. The highest BCUT2D eigenvalue weighted by Gasteiger charge is 2.13. The summed E-state index contributed by atoms with van der Waals surface area (Å²) < 4.78 is 18.7. The minimum Gasteiger partial charge on any atom is -0.494 e. The van der Waals surface area contributed by atoms with Gasteiger partial charge >= 0.3 is 0 Å². The largest absolute Gasteiger partial charge is 0.494 e. The maximum atomic E-state index is 13.8. The molecule has 6 nitrogen and oxygen atoms in total. The van der Waals surface area contributed by atoms with Gasteiger partial charge in [-0.15, -0.1) is 0 Å². The molecule has 0 radical (unpaired) electrons. The summed E-state index contributed by atoms with van der Waals surface area (Å²) in [6.45, 7) is 3.08. The van der Waals surface area contributed by atoms with Crippen LogP contribution >= 0.6 is 0 Å². The van der Waals surface area contributed by atoms with Gasteiger partial charge < -0.3 is 20.3 Å². The zero-order valence-corrected chi connectivity index (χ0v) is 15.8. The molecule has 0 spiro atoms. The van der Waals surface area contributed by atoms with E-state index in [-0.39, 0.29) is 24.1 Å². The van der Waals surface area contributed by atoms with Crippen molar-refractivity contribution in [2.45, 2.75) is 13.5 Å². The molecule has 27 heavy (non-hydrogen) atoms. The van der Waals surface area contributed by atoms with Crippen molar-refractivity contribution in [1.29, 1.82) is 0 Å². The number of hydrogen-bond donors (Lipinski definition) is 3. The van der Waals surface area contributed by atoms with Gasteiger partial charge in [-0.1, -0.05) is 6.07 Å². The Hall–Kier alpha value is -2.93. The maximum Gasteiger partial charge on any atom is 0.279 e. The summed E-state index contributed by atoms with van der Waals surface area (Å²) in [6.07, 6.45) is 0. The first-order chi connectivity index (χ1) is 12.9. The number of nitrogens with one attached hydrogen (secondary N) is 3. The lowest BCUT2D eigenvalue weighted by Gasteiger charge is -2.15. The second-order valence-electron chi connectivity index (χ2n) is 6.27. The number of hydrogen-bond acceptors (Lipinski definition) is 3. The number of quaternary nitrogens is 1. The van der Waals surface area contributed by atoms with E-state index in [9.17, 15) is 14.0 Å². The molecule has 2 amide bonds. The van der Waals surface area contributed by atoms with Crippen LogP contribution in [0, 0.1) is 5.82 Å². The van der Waals surface area contributed by atoms with Gasteiger partial charge in [-0.25, -0.2) is 4.39 Å². The van der Waals surface area contributed by atoms with Crippen molar-refractivity contribution in [2.24, 2.45) is 0 Å². The molecule has 0 bridgehead atoms. The molecule has 2 aromatic carbocycles. The molecule has 0 aliphatic heterocycles. The van der Waals surface area contributed by atoms with Crippen LogP contribution in [0.15, 0.2) is 42.5 Å². The summed E-state index contributed by atoms with van der Waals surface area (Å²) in [5.74, 6) is -0.594. The number of carbonyl (C=O) groups excluding carboxylic acids is 2. The van der Waals surface area contributed by atoms with Crippen LogP contribution in [0.4, 0.5) is 10.1 Å². The van der Waals surface area contributed by atoms with Gasteiger partial charge in [0.1, 0.15) is 6.54 Å². The van der Waals surface area contributed by atoms with Crippen LogP contribution in [0.5, 0.6) is 5.75 Å². The second kappa shape index (κ2) is 9.68. The van der Waals surface area contributed by atoms with Crippen molar-refractivity contribution in [3.8, 4) is 5.75 Å². The molecule has 0 aliphatic rings. The van der Waals surface area contributed by atoms with E-state index in [0.29, 0.717) is 24.3 Å². The maximum absolute atomic E-state index is 13.8. The number of benzene rings is 2. The molecule has 0 fully saturated rings. The third kappa shape index (κ3) is 6.07. The topological polar surface area (TPSA) is 71.9 Å². The van der Waals surface area contributed by atoms with E-state index in [0.717, 1.165) is 10.5 Å². The Kier molecular flexibility index (Phi) is 7.31. The van der Waals surface area contributed by atoms with Crippen LogP contribution in [-0.2, 0) is 11.3 Å². The Bertz CT molecular complexity index is 811. The normalized spacial score (nSPS) is 11.6. The fourth-order valence-electron chi connectivity index (χ4n) is 2.71. The Morgan fingerprint density at radius 3 is 2.63 bits per heavy atom. The molecule has 0 saturated heterocycles. The molecule has 2 aromatic rings. The molecule has 3 N–H and O–H groups in total. The average molecular weight is 374 g/mol. The molecule has 0 aliphatic carbocycles. The number of halogens is 1. The summed E-state index contributed by atoms with van der Waals surface area (Å²) >= 11 is 0. The smallest absolute Gasteiger partial charge is 0.279 e. The van der Waals surface area contributed by atoms with E-state index in [1.807, 2.05) is 14.0 Å². The third-order valence-corrected chi connectivity index (χ3v) is 3.93. The molecule has 2 rings (SSSR count). The fourth-order valence-corrected chi connectivity index (χ4v) is 2.71. The van der Waals surface area contributed by atoms with E-state index in [2.05, 4.69) is 10.6 Å². The average Bonchev–Trinajstić information content (AvgIpc) is 2.62. The van der Waals surface area contributed by atoms with Gasteiger partial charge in [-0.05, 0) is 43.3 Å². The van der Waals surface area contributed by atoms with E-state index in [1.54, 1.807) is 36.4 Å². The Labute approximate surface area is 158 Å². The zero-order chi connectivity index (χ0) is 19.8. The molecule has 1 atom stereocenters. The minimum atomic E-state index is -0.422. The first-order valence-corrected chi connectivity index (χ1v) is 8.74. The standard InChI is InChI=1S/C20H24FN3O3/c1-4-22-20(26)15-6-5-7-16(11-15)23-19(25)13-24(2)12-14-8-9-18(27-3)17(21)10-14/h5-11H,4,12-13H2,1-3H3,(H,22,26)(H,23,25)/p+1. The number of amides is 2. The van der Waals surface area contributed by atoms with Crippen LogP contribution in [0.25, 0.3) is 0 Å². The molecule has 144 valence electrons. The van der Waals surface area contributed by atoms with Crippen molar-refractivity contribution in [3.05, 3.63) is 59.4 Å². The van der Waals surface area contributed by atoms with Gasteiger partial charge in [0.15, 0.2) is 18.1 Å².